The normalized spacial score (nSPS) is 11.5. The summed E-state index contributed by atoms with van der Waals surface area (Å²) >= 11 is 0. The molecule has 9 nitrogen and oxygen atoms in total. The van der Waals surface area contributed by atoms with Crippen LogP contribution in [-0.4, -0.2) is 37.5 Å². The van der Waals surface area contributed by atoms with Crippen LogP contribution in [0.1, 0.15) is 12.0 Å². The molecule has 10 heteroatoms. The highest BCUT2D eigenvalue weighted by molar-refractivity contribution is 5.63. The number of hydrogen-bond donors (Lipinski definition) is 4. The van der Waals surface area contributed by atoms with Crippen LogP contribution in [0.25, 0.3) is 0 Å². The van der Waals surface area contributed by atoms with Crippen molar-refractivity contribution >= 4 is 23.1 Å². The Morgan fingerprint density at radius 1 is 1.17 bits per heavy atom. The van der Waals surface area contributed by atoms with Gasteiger partial charge in [0.2, 0.25) is 5.95 Å². The predicted molar refractivity (Wildman–Crippen MR) is 138 cm³/mol. The molecule has 4 aromatic rings. The number of ether oxygens (including phenoxy) is 1. The average molecular weight is 490 g/mol. The molecule has 0 amide bonds. The third-order valence-corrected chi connectivity index (χ3v) is 5.14. The van der Waals surface area contributed by atoms with Gasteiger partial charge >= 0.3 is 0 Å². The van der Waals surface area contributed by atoms with E-state index in [0.717, 1.165) is 30.5 Å². The number of aryl methyl sites for hydroxylation is 1. The molecule has 2 aromatic carbocycles. The zero-order valence-electron chi connectivity index (χ0n) is 19.6. The molecule has 0 spiro atoms. The molecule has 0 saturated carbocycles. The van der Waals surface area contributed by atoms with Crippen LogP contribution >= 0.6 is 0 Å². The number of nitrogens with zero attached hydrogens (tertiary/aromatic N) is 4. The van der Waals surface area contributed by atoms with Crippen molar-refractivity contribution in [2.45, 2.75) is 25.7 Å². The Morgan fingerprint density at radius 2 is 2.03 bits per heavy atom. The van der Waals surface area contributed by atoms with Crippen molar-refractivity contribution in [2.75, 3.05) is 22.6 Å². The maximum atomic E-state index is 14.4. The fourth-order valence-corrected chi connectivity index (χ4v) is 3.38. The number of anilines is 4. The first-order chi connectivity index (χ1) is 17.6. The highest BCUT2D eigenvalue weighted by Crippen LogP contribution is 2.22. The van der Waals surface area contributed by atoms with Crippen molar-refractivity contribution in [3.63, 3.8) is 0 Å². The second-order valence-electron chi connectivity index (χ2n) is 7.92. The maximum Gasteiger partial charge on any atom is 0.225 e. The van der Waals surface area contributed by atoms with Crippen molar-refractivity contribution < 1.29 is 14.2 Å². The fraction of sp³-hybridized carbons (Fsp3) is 0.192. The van der Waals surface area contributed by atoms with E-state index in [1.165, 1.54) is 6.08 Å². The zero-order valence-corrected chi connectivity index (χ0v) is 19.6. The first kappa shape index (κ1) is 24.7. The van der Waals surface area contributed by atoms with Gasteiger partial charge in [-0.2, -0.15) is 4.98 Å². The molecule has 0 saturated heterocycles. The van der Waals surface area contributed by atoms with Crippen LogP contribution < -0.4 is 20.7 Å². The summed E-state index contributed by atoms with van der Waals surface area (Å²) in [5.41, 5.74) is 2.21. The lowest BCUT2D eigenvalue weighted by atomic mass is 10.2. The van der Waals surface area contributed by atoms with E-state index in [4.69, 9.17) is 4.74 Å². The van der Waals surface area contributed by atoms with E-state index in [0.29, 0.717) is 24.5 Å². The minimum atomic E-state index is -0.891. The third-order valence-electron chi connectivity index (χ3n) is 5.14. The minimum Gasteiger partial charge on any atom is -0.494 e. The summed E-state index contributed by atoms with van der Waals surface area (Å²) in [6.45, 7) is 5.40. The molecule has 4 N–H and O–H groups in total. The summed E-state index contributed by atoms with van der Waals surface area (Å²) in [5, 5.41) is 18.6. The number of imidazole rings is 1. The molecule has 1 unspecified atom stereocenters. The van der Waals surface area contributed by atoms with Crippen LogP contribution in [0.15, 0.2) is 86.1 Å². The highest BCUT2D eigenvalue weighted by Gasteiger charge is 2.09. The van der Waals surface area contributed by atoms with Crippen molar-refractivity contribution in [2.24, 2.45) is 0 Å². The van der Waals surface area contributed by atoms with Crippen LogP contribution in [0.3, 0.4) is 0 Å². The maximum absolute atomic E-state index is 14.4. The molecule has 0 radical (unpaired) electrons. The third kappa shape index (κ3) is 7.28. The van der Waals surface area contributed by atoms with E-state index < -0.39 is 12.0 Å². The van der Waals surface area contributed by atoms with Gasteiger partial charge in [-0.3, -0.25) is 0 Å². The molecule has 36 heavy (non-hydrogen) atoms. The van der Waals surface area contributed by atoms with E-state index in [1.54, 1.807) is 36.8 Å². The number of nitrogens with one attached hydrogen (secondary N) is 3. The molecule has 1 atom stereocenters. The lowest BCUT2D eigenvalue weighted by molar-refractivity contribution is 0.253. The molecular formula is C26H28FN7O2. The Kier molecular flexibility index (Phi) is 8.44. The summed E-state index contributed by atoms with van der Waals surface area (Å²) in [6.07, 6.45) is 7.93. The summed E-state index contributed by atoms with van der Waals surface area (Å²) < 4.78 is 22.2. The van der Waals surface area contributed by atoms with Gasteiger partial charge in [0, 0.05) is 36.9 Å². The van der Waals surface area contributed by atoms with Gasteiger partial charge in [0.05, 0.1) is 19.1 Å². The van der Waals surface area contributed by atoms with Crippen molar-refractivity contribution in [1.29, 1.82) is 0 Å². The summed E-state index contributed by atoms with van der Waals surface area (Å²) in [6, 6.07) is 14.8. The number of benzene rings is 2. The van der Waals surface area contributed by atoms with Crippen LogP contribution in [-0.2, 0) is 13.1 Å². The van der Waals surface area contributed by atoms with E-state index in [2.05, 4.69) is 37.5 Å². The second-order valence-corrected chi connectivity index (χ2v) is 7.92. The van der Waals surface area contributed by atoms with Crippen LogP contribution in [0.4, 0.5) is 27.5 Å². The standard InChI is InChI=1S/C26H28FN7O2/c1-2-24(35)31-20-7-4-8-21(15-20)32-25-23(27)17-30-26(33-25)29-16-19-6-3-9-22(14-19)36-13-5-11-34-12-10-28-18-34/h2-4,6-10,12,14-15,17-18,24,31,35H,1,5,11,13,16H2,(H2,29,30,32,33). The lowest BCUT2D eigenvalue weighted by Gasteiger charge is -2.13. The molecule has 0 aliphatic rings. The number of aliphatic hydroxyl groups excluding tert-OH is 1. The Labute approximate surface area is 208 Å². The van der Waals surface area contributed by atoms with Gasteiger partial charge in [0.15, 0.2) is 11.6 Å². The quantitative estimate of drug-likeness (QED) is 0.123. The monoisotopic (exact) mass is 489 g/mol. The SMILES string of the molecule is C=CC(O)Nc1cccc(Nc2nc(NCc3cccc(OCCCn4ccnc4)c3)ncc2F)c1. The molecular weight excluding hydrogens is 461 g/mol. The van der Waals surface area contributed by atoms with E-state index in [9.17, 15) is 9.50 Å². The van der Waals surface area contributed by atoms with Gasteiger partial charge < -0.3 is 30.4 Å². The van der Waals surface area contributed by atoms with Gasteiger partial charge in [-0.1, -0.05) is 24.8 Å². The number of halogens is 1. The molecule has 0 aliphatic carbocycles. The Hall–Kier alpha value is -4.44. The smallest absolute Gasteiger partial charge is 0.225 e. The molecule has 0 fully saturated rings. The molecule has 4 rings (SSSR count). The zero-order chi connectivity index (χ0) is 25.2. The Morgan fingerprint density at radius 3 is 2.86 bits per heavy atom. The molecule has 186 valence electrons. The summed E-state index contributed by atoms with van der Waals surface area (Å²) in [5.74, 6) is 0.499. The van der Waals surface area contributed by atoms with Crippen LogP contribution in [0.5, 0.6) is 5.75 Å². The van der Waals surface area contributed by atoms with Crippen molar-refractivity contribution in [3.05, 3.63) is 97.5 Å². The topological polar surface area (TPSA) is 109 Å². The summed E-state index contributed by atoms with van der Waals surface area (Å²) in [7, 11) is 0. The lowest BCUT2D eigenvalue weighted by Crippen LogP contribution is -2.14. The number of aromatic nitrogens is 4. The molecule has 2 heterocycles. The second kappa shape index (κ2) is 12.3. The van der Waals surface area contributed by atoms with E-state index >= 15 is 0 Å². The first-order valence-corrected chi connectivity index (χ1v) is 11.5. The van der Waals surface area contributed by atoms with Crippen LogP contribution in [0, 0.1) is 5.82 Å². The fourth-order valence-electron chi connectivity index (χ4n) is 3.38. The largest absolute Gasteiger partial charge is 0.494 e. The number of aliphatic hydroxyl groups is 1. The Balaban J connectivity index is 1.32. The van der Waals surface area contributed by atoms with E-state index in [1.807, 2.05) is 35.0 Å². The number of rotatable bonds is 13. The molecule has 0 bridgehead atoms. The van der Waals surface area contributed by atoms with E-state index in [-0.39, 0.29) is 11.8 Å². The predicted octanol–water partition coefficient (Wildman–Crippen LogP) is 4.55. The molecule has 0 aliphatic heterocycles. The summed E-state index contributed by atoms with van der Waals surface area (Å²) in [4.78, 5) is 12.3. The highest BCUT2D eigenvalue weighted by atomic mass is 19.1. The minimum absolute atomic E-state index is 0.0314. The van der Waals surface area contributed by atoms with Gasteiger partial charge in [0.25, 0.3) is 0 Å². The van der Waals surface area contributed by atoms with Crippen molar-refractivity contribution in [3.8, 4) is 5.75 Å². The average Bonchev–Trinajstić information content (AvgIpc) is 3.41. The Bertz CT molecular complexity index is 1270. The van der Waals surface area contributed by atoms with Gasteiger partial charge in [0.1, 0.15) is 12.0 Å². The number of hydrogen-bond acceptors (Lipinski definition) is 8. The van der Waals surface area contributed by atoms with Crippen LogP contribution in [0.2, 0.25) is 0 Å². The van der Waals surface area contributed by atoms with Gasteiger partial charge in [-0.05, 0) is 48.4 Å². The van der Waals surface area contributed by atoms with Gasteiger partial charge in [-0.25, -0.2) is 14.4 Å². The van der Waals surface area contributed by atoms with Gasteiger partial charge in [-0.15, -0.1) is 0 Å². The molecule has 2 aromatic heterocycles. The van der Waals surface area contributed by atoms with Crippen molar-refractivity contribution in [1.82, 2.24) is 19.5 Å². The first-order valence-electron chi connectivity index (χ1n) is 11.5.